The summed E-state index contributed by atoms with van der Waals surface area (Å²) >= 11 is 0. The number of benzene rings is 2. The van der Waals surface area contributed by atoms with E-state index in [9.17, 15) is 9.59 Å². The second-order valence-corrected chi connectivity index (χ2v) is 8.22. The van der Waals surface area contributed by atoms with E-state index in [1.54, 1.807) is 20.1 Å². The van der Waals surface area contributed by atoms with Crippen LogP contribution in [0.2, 0.25) is 0 Å². The van der Waals surface area contributed by atoms with Crippen LogP contribution in [0.4, 0.5) is 0 Å². The number of carbonyl (C=O) groups excluding carboxylic acids is 1. The summed E-state index contributed by atoms with van der Waals surface area (Å²) in [6.45, 7) is 6.25. The highest BCUT2D eigenvalue weighted by atomic mass is 16.5. The highest BCUT2D eigenvalue weighted by Crippen LogP contribution is 2.22. The Hall–Kier alpha value is -3.94. The number of carbonyl (C=O) groups is 1. The number of nitrogens with one attached hydrogen (secondary N) is 1. The zero-order valence-electron chi connectivity index (χ0n) is 19.2. The fraction of sp³-hybridized carbons (Fsp3) is 0.280. The van der Waals surface area contributed by atoms with Crippen LogP contribution in [0, 0.1) is 6.92 Å². The lowest BCUT2D eigenvalue weighted by Gasteiger charge is -2.08. The molecule has 4 aromatic rings. The van der Waals surface area contributed by atoms with Crippen LogP contribution in [-0.2, 0) is 17.9 Å². The van der Waals surface area contributed by atoms with Gasteiger partial charge in [0.25, 0.3) is 0 Å². The number of aryl methyl sites for hydroxylation is 1. The average molecular weight is 446 g/mol. The third kappa shape index (κ3) is 4.79. The molecule has 0 saturated heterocycles. The molecule has 33 heavy (non-hydrogen) atoms. The Balaban J connectivity index is 1.50. The van der Waals surface area contributed by atoms with Crippen LogP contribution in [0.25, 0.3) is 16.9 Å². The second-order valence-electron chi connectivity index (χ2n) is 8.22. The Labute approximate surface area is 191 Å². The van der Waals surface area contributed by atoms with E-state index in [2.05, 4.69) is 41.4 Å². The normalized spacial score (nSPS) is 11.2. The minimum atomic E-state index is -0.396. The molecule has 0 spiro atoms. The van der Waals surface area contributed by atoms with Gasteiger partial charge in [0.2, 0.25) is 5.91 Å². The van der Waals surface area contributed by atoms with Crippen molar-refractivity contribution in [3.05, 3.63) is 82.0 Å². The fourth-order valence-corrected chi connectivity index (χ4v) is 3.63. The lowest BCUT2D eigenvalue weighted by Crippen LogP contribution is -2.32. The largest absolute Gasteiger partial charge is 0.497 e. The van der Waals surface area contributed by atoms with Gasteiger partial charge in [-0.2, -0.15) is 0 Å². The highest BCUT2D eigenvalue weighted by Gasteiger charge is 2.15. The molecule has 2 aromatic heterocycles. The maximum absolute atomic E-state index is 12.8. The molecule has 2 heterocycles. The van der Waals surface area contributed by atoms with E-state index >= 15 is 0 Å². The van der Waals surface area contributed by atoms with Gasteiger partial charge in [-0.25, -0.2) is 18.9 Å². The number of amides is 1. The highest BCUT2D eigenvalue weighted by molar-refractivity contribution is 5.75. The third-order valence-electron chi connectivity index (χ3n) is 5.55. The summed E-state index contributed by atoms with van der Waals surface area (Å²) in [5, 5.41) is 7.22. The van der Waals surface area contributed by atoms with Gasteiger partial charge in [0.15, 0.2) is 5.65 Å². The van der Waals surface area contributed by atoms with Crippen molar-refractivity contribution in [2.75, 3.05) is 7.11 Å². The quantitative estimate of drug-likeness (QED) is 0.471. The number of fused-ring (bicyclic) bond motifs is 1. The standard InChI is InChI=1S/C25H27N5O3/c1-16(2)19-7-5-18(6-8-19)14-26-24(31)15-29-25(32)30-17(3)27-22(13-23(30)28-29)20-9-11-21(33-4)12-10-20/h5-13,16H,14-15H2,1-4H3,(H,26,31). The topological polar surface area (TPSA) is 90.5 Å². The molecule has 2 aromatic carbocycles. The number of hydrogen-bond acceptors (Lipinski definition) is 5. The van der Waals surface area contributed by atoms with E-state index in [0.717, 1.165) is 16.9 Å². The van der Waals surface area contributed by atoms with Gasteiger partial charge in [0, 0.05) is 18.2 Å². The van der Waals surface area contributed by atoms with Crippen LogP contribution >= 0.6 is 0 Å². The first-order chi connectivity index (χ1) is 15.9. The van der Waals surface area contributed by atoms with E-state index < -0.39 is 5.69 Å². The van der Waals surface area contributed by atoms with Crippen molar-refractivity contribution in [3.8, 4) is 17.0 Å². The molecule has 0 aliphatic carbocycles. The Morgan fingerprint density at radius 1 is 1.09 bits per heavy atom. The lowest BCUT2D eigenvalue weighted by molar-refractivity contribution is -0.122. The molecule has 1 N–H and O–H groups in total. The van der Waals surface area contributed by atoms with Crippen LogP contribution in [-0.4, -0.2) is 32.2 Å². The summed E-state index contributed by atoms with van der Waals surface area (Å²) < 4.78 is 7.77. The molecule has 1 amide bonds. The van der Waals surface area contributed by atoms with Crippen molar-refractivity contribution in [2.45, 2.75) is 39.8 Å². The van der Waals surface area contributed by atoms with Crippen molar-refractivity contribution in [1.29, 1.82) is 0 Å². The van der Waals surface area contributed by atoms with Gasteiger partial charge < -0.3 is 10.1 Å². The summed E-state index contributed by atoms with van der Waals surface area (Å²) in [6, 6.07) is 17.4. The Morgan fingerprint density at radius 3 is 2.42 bits per heavy atom. The molecule has 0 fully saturated rings. The van der Waals surface area contributed by atoms with Crippen LogP contribution in [0.1, 0.15) is 36.7 Å². The van der Waals surface area contributed by atoms with Crippen molar-refractivity contribution < 1.29 is 9.53 Å². The van der Waals surface area contributed by atoms with Gasteiger partial charge in [0.1, 0.15) is 18.1 Å². The average Bonchev–Trinajstić information content (AvgIpc) is 3.13. The van der Waals surface area contributed by atoms with E-state index in [-0.39, 0.29) is 12.5 Å². The molecule has 0 saturated carbocycles. The molecule has 0 bridgehead atoms. The maximum atomic E-state index is 12.8. The number of aromatic nitrogens is 4. The predicted molar refractivity (Wildman–Crippen MR) is 126 cm³/mol. The fourth-order valence-electron chi connectivity index (χ4n) is 3.63. The molecule has 0 unspecified atom stereocenters. The molecule has 0 aliphatic heterocycles. The molecule has 4 rings (SSSR count). The summed E-state index contributed by atoms with van der Waals surface area (Å²) in [4.78, 5) is 29.8. The van der Waals surface area contributed by atoms with Crippen LogP contribution < -0.4 is 15.7 Å². The summed E-state index contributed by atoms with van der Waals surface area (Å²) in [5.41, 5.74) is 3.86. The summed E-state index contributed by atoms with van der Waals surface area (Å²) in [7, 11) is 1.61. The third-order valence-corrected chi connectivity index (χ3v) is 5.55. The van der Waals surface area contributed by atoms with E-state index in [1.807, 2.05) is 36.4 Å². The zero-order valence-corrected chi connectivity index (χ0v) is 19.2. The van der Waals surface area contributed by atoms with Gasteiger partial charge in [-0.05, 0) is 48.2 Å². The lowest BCUT2D eigenvalue weighted by atomic mass is 10.0. The van der Waals surface area contributed by atoms with Crippen molar-refractivity contribution >= 4 is 11.6 Å². The Kier molecular flexibility index (Phi) is 6.26. The second kappa shape index (κ2) is 9.28. The molecular weight excluding hydrogens is 418 g/mol. The van der Waals surface area contributed by atoms with Gasteiger partial charge in [-0.3, -0.25) is 4.79 Å². The first kappa shape index (κ1) is 22.3. The number of methoxy groups -OCH3 is 1. The number of hydrogen-bond donors (Lipinski definition) is 1. The molecule has 8 nitrogen and oxygen atoms in total. The van der Waals surface area contributed by atoms with Crippen LogP contribution in [0.3, 0.4) is 0 Å². The van der Waals surface area contributed by atoms with E-state index in [0.29, 0.717) is 29.6 Å². The maximum Gasteiger partial charge on any atom is 0.352 e. The molecule has 170 valence electrons. The van der Waals surface area contributed by atoms with Gasteiger partial charge in [0.05, 0.1) is 12.8 Å². The number of rotatable bonds is 7. The molecule has 8 heteroatoms. The minimum absolute atomic E-state index is 0.165. The van der Waals surface area contributed by atoms with E-state index in [4.69, 9.17) is 4.74 Å². The SMILES string of the molecule is COc1ccc(-c2cc3nn(CC(=O)NCc4ccc(C(C)C)cc4)c(=O)n3c(C)n2)cc1. The number of nitrogens with zero attached hydrogens (tertiary/aromatic N) is 4. The summed E-state index contributed by atoms with van der Waals surface area (Å²) in [5.74, 6) is 1.42. The van der Waals surface area contributed by atoms with Crippen molar-refractivity contribution in [1.82, 2.24) is 24.5 Å². The van der Waals surface area contributed by atoms with Crippen molar-refractivity contribution in [2.24, 2.45) is 0 Å². The number of ether oxygens (including phenoxy) is 1. The minimum Gasteiger partial charge on any atom is -0.497 e. The Morgan fingerprint density at radius 2 is 1.79 bits per heavy atom. The van der Waals surface area contributed by atoms with Gasteiger partial charge in [-0.1, -0.05) is 38.1 Å². The van der Waals surface area contributed by atoms with Crippen LogP contribution in [0.5, 0.6) is 5.75 Å². The molecular formula is C25H27N5O3. The van der Waals surface area contributed by atoms with Crippen molar-refractivity contribution in [3.63, 3.8) is 0 Å². The van der Waals surface area contributed by atoms with Gasteiger partial charge in [-0.15, -0.1) is 5.10 Å². The zero-order chi connectivity index (χ0) is 23.5. The smallest absolute Gasteiger partial charge is 0.352 e. The first-order valence-electron chi connectivity index (χ1n) is 10.8. The summed E-state index contributed by atoms with van der Waals surface area (Å²) in [6.07, 6.45) is 0. The van der Waals surface area contributed by atoms with Gasteiger partial charge >= 0.3 is 5.69 Å². The predicted octanol–water partition coefficient (Wildman–Crippen LogP) is 3.31. The first-order valence-corrected chi connectivity index (χ1v) is 10.8. The monoisotopic (exact) mass is 445 g/mol. The Bertz CT molecular complexity index is 1340. The molecule has 0 aliphatic rings. The van der Waals surface area contributed by atoms with Crippen LogP contribution in [0.15, 0.2) is 59.4 Å². The van der Waals surface area contributed by atoms with E-state index in [1.165, 1.54) is 14.6 Å². The molecule has 0 atom stereocenters. The molecule has 0 radical (unpaired) electrons.